The average Bonchev–Trinajstić information content (AvgIpc) is 3.28. The second-order valence-electron chi connectivity index (χ2n) is 10.7. The van der Waals surface area contributed by atoms with Crippen LogP contribution in [-0.4, -0.2) is 58.4 Å². The highest BCUT2D eigenvalue weighted by Crippen LogP contribution is 2.45. The van der Waals surface area contributed by atoms with Gasteiger partial charge in [0, 0.05) is 42.6 Å². The molecule has 6 rings (SSSR count). The van der Waals surface area contributed by atoms with E-state index in [2.05, 4.69) is 14.5 Å². The first-order chi connectivity index (χ1) is 17.4. The number of amides is 1. The van der Waals surface area contributed by atoms with Gasteiger partial charge in [-0.3, -0.25) is 9.69 Å². The van der Waals surface area contributed by atoms with Gasteiger partial charge in [-0.2, -0.15) is 0 Å². The summed E-state index contributed by atoms with van der Waals surface area (Å²) in [5.74, 6) is 1.16. The topological polar surface area (TPSA) is 37.7 Å². The Morgan fingerprint density at radius 3 is 2.58 bits per heavy atom. The molecule has 4 aliphatic rings. The molecule has 4 aliphatic heterocycles. The van der Waals surface area contributed by atoms with Crippen LogP contribution in [0.2, 0.25) is 0 Å². The molecule has 192 valence electrons. The number of ether oxygens (including phenoxy) is 1. The van der Waals surface area contributed by atoms with Crippen molar-refractivity contribution in [3.05, 3.63) is 59.4 Å². The number of aromatic nitrogens is 1. The van der Waals surface area contributed by atoms with E-state index in [1.165, 1.54) is 50.9 Å². The van der Waals surface area contributed by atoms with Crippen molar-refractivity contribution >= 4 is 12.0 Å². The summed E-state index contributed by atoms with van der Waals surface area (Å²) in [6.45, 7) is 3.82. The third-order valence-electron chi connectivity index (χ3n) is 8.61. The van der Waals surface area contributed by atoms with Crippen LogP contribution in [0.5, 0.6) is 5.75 Å². The molecule has 0 radical (unpaired) electrons. The Balaban J connectivity index is 1.18. The number of benzene rings is 1. The third-order valence-corrected chi connectivity index (χ3v) is 8.61. The number of hydrogen-bond acceptors (Lipinski definition) is 3. The fourth-order valence-corrected chi connectivity index (χ4v) is 7.20. The molecular weight excluding hydrogens is 467 g/mol. The summed E-state index contributed by atoms with van der Waals surface area (Å²) < 4.78 is 43.3. The number of carbonyl (C=O) groups is 1. The summed E-state index contributed by atoms with van der Waals surface area (Å²) in [6.07, 6.45) is 6.01. The highest BCUT2D eigenvalue weighted by atomic mass is 19.4. The van der Waals surface area contributed by atoms with Gasteiger partial charge in [0.25, 0.3) is 0 Å². The summed E-state index contributed by atoms with van der Waals surface area (Å²) >= 11 is 0. The van der Waals surface area contributed by atoms with E-state index < -0.39 is 6.36 Å². The molecular formula is C28H32F3N3O2. The fraction of sp³-hybridized carbons (Fsp3) is 0.536. The predicted octanol–water partition coefficient (Wildman–Crippen LogP) is 5.31. The summed E-state index contributed by atoms with van der Waals surface area (Å²) in [5, 5.41) is 0. The quantitative estimate of drug-likeness (QED) is 0.535. The summed E-state index contributed by atoms with van der Waals surface area (Å²) in [6, 6.07) is 10.9. The molecule has 0 aliphatic carbocycles. The molecule has 1 aromatic carbocycles. The van der Waals surface area contributed by atoms with Gasteiger partial charge in [0.05, 0.1) is 0 Å². The zero-order chi connectivity index (χ0) is 24.9. The lowest BCUT2D eigenvalue weighted by Gasteiger charge is -2.58. The number of halogens is 3. The monoisotopic (exact) mass is 499 g/mol. The van der Waals surface area contributed by atoms with Gasteiger partial charge in [-0.25, -0.2) is 0 Å². The number of rotatable bonds is 4. The molecule has 5 heterocycles. The standard InChI is InChI=1S/C28H32F3N3O2/c29-28(30,31)36-23-10-7-19(8-11-23)17-33-15-2-5-22(33)16-20-9-12-25-24-6-3-14-32-13-1-4-21(26(24)32)18-34(25)27(20)35/h2,5,7-8,10-11,15-16,21,24-26H,1,3-4,6,9,12-14,17-18H2/b20-16+/t21-,24+,25+,26-/m0/s1. The first kappa shape index (κ1) is 23.6. The number of carbonyl (C=O) groups excluding carboxylic acids is 1. The minimum atomic E-state index is -4.70. The molecule has 4 saturated heterocycles. The van der Waals surface area contributed by atoms with Crippen molar-refractivity contribution < 1.29 is 22.7 Å². The second kappa shape index (κ2) is 9.29. The summed E-state index contributed by atoms with van der Waals surface area (Å²) in [5.41, 5.74) is 2.66. The second-order valence-corrected chi connectivity index (χ2v) is 10.7. The molecule has 5 nitrogen and oxygen atoms in total. The summed E-state index contributed by atoms with van der Waals surface area (Å²) in [4.78, 5) is 18.6. The van der Waals surface area contributed by atoms with E-state index in [1.807, 2.05) is 29.0 Å². The zero-order valence-electron chi connectivity index (χ0n) is 20.3. The molecule has 4 fully saturated rings. The van der Waals surface area contributed by atoms with Gasteiger partial charge in [0.15, 0.2) is 0 Å². The minimum Gasteiger partial charge on any atom is -0.406 e. The van der Waals surface area contributed by atoms with Crippen LogP contribution in [0.3, 0.4) is 0 Å². The van der Waals surface area contributed by atoms with E-state index >= 15 is 0 Å². The lowest BCUT2D eigenvalue weighted by atomic mass is 9.67. The molecule has 4 atom stereocenters. The minimum absolute atomic E-state index is 0.189. The van der Waals surface area contributed by atoms with E-state index in [1.54, 1.807) is 12.1 Å². The Morgan fingerprint density at radius 1 is 1.03 bits per heavy atom. The highest BCUT2D eigenvalue weighted by molar-refractivity contribution is 5.98. The predicted molar refractivity (Wildman–Crippen MR) is 130 cm³/mol. The number of hydrogen-bond donors (Lipinski definition) is 0. The Morgan fingerprint density at radius 2 is 1.81 bits per heavy atom. The van der Waals surface area contributed by atoms with Gasteiger partial charge in [-0.05, 0) is 99.4 Å². The summed E-state index contributed by atoms with van der Waals surface area (Å²) in [7, 11) is 0. The first-order valence-corrected chi connectivity index (χ1v) is 13.1. The van der Waals surface area contributed by atoms with E-state index in [4.69, 9.17) is 0 Å². The normalized spacial score (nSPS) is 29.7. The zero-order valence-corrected chi connectivity index (χ0v) is 20.3. The molecule has 2 aromatic rings. The van der Waals surface area contributed by atoms with Gasteiger partial charge >= 0.3 is 6.36 Å². The SMILES string of the molecule is O=C1/C(=C/c2cccn2Cc2ccc(OC(F)(F)F)cc2)CC[C@@H]2[C@H]3CCCN4CCC[C@@H](CN12)[C@@H]34. The van der Waals surface area contributed by atoms with Gasteiger partial charge in [-0.1, -0.05) is 12.1 Å². The average molecular weight is 500 g/mol. The maximum atomic E-state index is 13.7. The molecule has 8 heteroatoms. The molecule has 36 heavy (non-hydrogen) atoms. The van der Waals surface area contributed by atoms with Crippen LogP contribution < -0.4 is 4.74 Å². The highest BCUT2D eigenvalue weighted by Gasteiger charge is 2.51. The van der Waals surface area contributed by atoms with Crippen LogP contribution in [0.25, 0.3) is 6.08 Å². The maximum Gasteiger partial charge on any atom is 0.573 e. The smallest absolute Gasteiger partial charge is 0.406 e. The van der Waals surface area contributed by atoms with Crippen molar-refractivity contribution in [3.63, 3.8) is 0 Å². The van der Waals surface area contributed by atoms with Crippen LogP contribution in [0.1, 0.15) is 49.8 Å². The lowest BCUT2D eigenvalue weighted by Crippen LogP contribution is -2.66. The maximum absolute atomic E-state index is 13.7. The Labute approximate surface area is 209 Å². The molecule has 0 bridgehead atoms. The van der Waals surface area contributed by atoms with Crippen molar-refractivity contribution in [1.29, 1.82) is 0 Å². The van der Waals surface area contributed by atoms with Gasteiger partial charge in [0.2, 0.25) is 5.91 Å². The number of fused-ring (bicyclic) bond motifs is 2. The molecule has 0 unspecified atom stereocenters. The first-order valence-electron chi connectivity index (χ1n) is 13.1. The molecule has 0 N–H and O–H groups in total. The number of alkyl halides is 3. The van der Waals surface area contributed by atoms with Crippen molar-refractivity contribution in [2.45, 2.75) is 63.5 Å². The Hall–Kier alpha value is -2.74. The Bertz CT molecular complexity index is 1140. The molecule has 1 aromatic heterocycles. The Kier molecular flexibility index (Phi) is 6.10. The van der Waals surface area contributed by atoms with Crippen LogP contribution in [0, 0.1) is 11.8 Å². The van der Waals surface area contributed by atoms with Crippen LogP contribution in [0.15, 0.2) is 48.2 Å². The molecule has 1 amide bonds. The van der Waals surface area contributed by atoms with Gasteiger partial charge in [0.1, 0.15) is 5.75 Å². The van der Waals surface area contributed by atoms with Crippen molar-refractivity contribution in [2.24, 2.45) is 11.8 Å². The van der Waals surface area contributed by atoms with E-state index in [0.717, 1.165) is 36.2 Å². The van der Waals surface area contributed by atoms with Gasteiger partial charge < -0.3 is 14.2 Å². The molecule has 0 spiro atoms. The molecule has 0 saturated carbocycles. The van der Waals surface area contributed by atoms with E-state index in [0.29, 0.717) is 30.5 Å². The van der Waals surface area contributed by atoms with Crippen molar-refractivity contribution in [1.82, 2.24) is 14.4 Å². The largest absolute Gasteiger partial charge is 0.573 e. The van der Waals surface area contributed by atoms with Gasteiger partial charge in [-0.15, -0.1) is 13.2 Å². The number of nitrogens with zero attached hydrogens (tertiary/aromatic N) is 3. The van der Waals surface area contributed by atoms with Crippen LogP contribution in [0.4, 0.5) is 13.2 Å². The third kappa shape index (κ3) is 4.56. The number of piperidine rings is 4. The fourth-order valence-electron chi connectivity index (χ4n) is 7.20. The van der Waals surface area contributed by atoms with Crippen molar-refractivity contribution in [2.75, 3.05) is 19.6 Å². The van der Waals surface area contributed by atoms with Crippen LogP contribution in [-0.2, 0) is 11.3 Å². The van der Waals surface area contributed by atoms with E-state index in [9.17, 15) is 18.0 Å². The van der Waals surface area contributed by atoms with Crippen molar-refractivity contribution in [3.8, 4) is 5.75 Å². The van der Waals surface area contributed by atoms with Crippen LogP contribution >= 0.6 is 0 Å². The lowest BCUT2D eigenvalue weighted by molar-refractivity contribution is -0.274. The van der Waals surface area contributed by atoms with E-state index in [-0.39, 0.29) is 11.7 Å².